The monoisotopic (exact) mass is 305 g/mol. The molecule has 1 atom stereocenters. The molecule has 0 spiro atoms. The van der Waals surface area contributed by atoms with Crippen molar-refractivity contribution in [1.29, 1.82) is 0 Å². The molecule has 0 radical (unpaired) electrons. The third kappa shape index (κ3) is 5.30. The van der Waals surface area contributed by atoms with Crippen LogP contribution in [-0.4, -0.2) is 26.2 Å². The van der Waals surface area contributed by atoms with Crippen molar-refractivity contribution in [3.63, 3.8) is 0 Å². The van der Waals surface area contributed by atoms with E-state index in [9.17, 15) is 13.5 Å². The van der Waals surface area contributed by atoms with Crippen molar-refractivity contribution in [3.05, 3.63) is 71.8 Å². The largest absolute Gasteiger partial charge is 0.395 e. The van der Waals surface area contributed by atoms with Gasteiger partial charge >= 0.3 is 0 Å². The molecule has 2 aromatic rings. The van der Waals surface area contributed by atoms with Crippen molar-refractivity contribution >= 4 is 10.0 Å². The first kappa shape index (κ1) is 15.7. The third-order valence-electron chi connectivity index (χ3n) is 3.09. The number of benzene rings is 2. The van der Waals surface area contributed by atoms with Gasteiger partial charge in [0.05, 0.1) is 12.4 Å². The van der Waals surface area contributed by atoms with Gasteiger partial charge in [0.15, 0.2) is 0 Å². The molecule has 2 aromatic carbocycles. The molecule has 0 aliphatic heterocycles. The van der Waals surface area contributed by atoms with Gasteiger partial charge in [-0.05, 0) is 17.5 Å². The molecule has 4 nitrogen and oxygen atoms in total. The van der Waals surface area contributed by atoms with Crippen LogP contribution in [0, 0.1) is 0 Å². The Morgan fingerprint density at radius 1 is 0.905 bits per heavy atom. The molecule has 0 amide bonds. The molecule has 5 heteroatoms. The zero-order valence-electron chi connectivity index (χ0n) is 11.6. The molecule has 0 unspecified atom stereocenters. The molecule has 2 rings (SSSR count). The van der Waals surface area contributed by atoms with E-state index in [-0.39, 0.29) is 12.4 Å². The van der Waals surface area contributed by atoms with Gasteiger partial charge < -0.3 is 5.11 Å². The first-order valence-corrected chi connectivity index (χ1v) is 8.43. The van der Waals surface area contributed by atoms with E-state index in [0.29, 0.717) is 6.42 Å². The van der Waals surface area contributed by atoms with E-state index < -0.39 is 16.1 Å². The van der Waals surface area contributed by atoms with Crippen LogP contribution < -0.4 is 4.72 Å². The first-order chi connectivity index (χ1) is 10.1. The van der Waals surface area contributed by atoms with Gasteiger partial charge in [-0.3, -0.25) is 0 Å². The lowest BCUT2D eigenvalue weighted by Gasteiger charge is -2.16. The van der Waals surface area contributed by atoms with Crippen LogP contribution in [0.2, 0.25) is 0 Å². The van der Waals surface area contributed by atoms with Crippen LogP contribution in [0.5, 0.6) is 0 Å². The van der Waals surface area contributed by atoms with Crippen molar-refractivity contribution in [1.82, 2.24) is 4.72 Å². The van der Waals surface area contributed by atoms with Gasteiger partial charge in [-0.2, -0.15) is 0 Å². The van der Waals surface area contributed by atoms with Crippen molar-refractivity contribution in [2.24, 2.45) is 0 Å². The molecule has 2 N–H and O–H groups in total. The summed E-state index contributed by atoms with van der Waals surface area (Å²) >= 11 is 0. The van der Waals surface area contributed by atoms with Crippen LogP contribution in [0.15, 0.2) is 60.7 Å². The zero-order chi connectivity index (χ0) is 15.1. The Morgan fingerprint density at radius 3 is 1.95 bits per heavy atom. The van der Waals surface area contributed by atoms with E-state index in [0.717, 1.165) is 11.1 Å². The Kier molecular flexibility index (Phi) is 5.50. The summed E-state index contributed by atoms with van der Waals surface area (Å²) < 4.78 is 26.8. The highest BCUT2D eigenvalue weighted by Crippen LogP contribution is 2.07. The standard InChI is InChI=1S/C16H19NO3S/c18-12-16(11-14-7-3-1-4-8-14)17-21(19,20)13-15-9-5-2-6-10-15/h1-10,16-18H,11-13H2/t16-/m1/s1. The molecule has 0 aliphatic carbocycles. The van der Waals surface area contributed by atoms with Crippen molar-refractivity contribution in [2.45, 2.75) is 18.2 Å². The highest BCUT2D eigenvalue weighted by molar-refractivity contribution is 7.88. The summed E-state index contributed by atoms with van der Waals surface area (Å²) in [6, 6.07) is 18.0. The highest BCUT2D eigenvalue weighted by Gasteiger charge is 2.18. The second-order valence-corrected chi connectivity index (χ2v) is 6.69. The number of nitrogens with one attached hydrogen (secondary N) is 1. The predicted octanol–water partition coefficient (Wildman–Crippen LogP) is 1.71. The van der Waals surface area contributed by atoms with E-state index in [1.54, 1.807) is 24.3 Å². The fraction of sp³-hybridized carbons (Fsp3) is 0.250. The molecule has 0 bridgehead atoms. The van der Waals surface area contributed by atoms with Gasteiger partial charge in [-0.15, -0.1) is 0 Å². The minimum absolute atomic E-state index is 0.0842. The van der Waals surface area contributed by atoms with Gasteiger partial charge in [0.1, 0.15) is 0 Å². The van der Waals surface area contributed by atoms with Crippen LogP contribution in [0.3, 0.4) is 0 Å². The summed E-state index contributed by atoms with van der Waals surface area (Å²) in [6.45, 7) is -0.233. The normalized spacial score (nSPS) is 13.0. The molecule has 0 aromatic heterocycles. The van der Waals surface area contributed by atoms with Gasteiger partial charge in [0.25, 0.3) is 0 Å². The lowest BCUT2D eigenvalue weighted by Crippen LogP contribution is -2.39. The second kappa shape index (κ2) is 7.36. The number of hydrogen-bond donors (Lipinski definition) is 2. The summed E-state index contributed by atoms with van der Waals surface area (Å²) in [6.07, 6.45) is 0.464. The number of sulfonamides is 1. The Labute approximate surface area is 125 Å². The average molecular weight is 305 g/mol. The Balaban J connectivity index is 2.00. The lowest BCUT2D eigenvalue weighted by molar-refractivity contribution is 0.256. The summed E-state index contributed by atoms with van der Waals surface area (Å²) in [5.74, 6) is -0.0842. The molecular weight excluding hydrogens is 286 g/mol. The molecule has 21 heavy (non-hydrogen) atoms. The number of rotatable bonds is 7. The van der Waals surface area contributed by atoms with E-state index in [1.165, 1.54) is 0 Å². The van der Waals surface area contributed by atoms with Crippen LogP contribution in [0.25, 0.3) is 0 Å². The van der Waals surface area contributed by atoms with Crippen molar-refractivity contribution < 1.29 is 13.5 Å². The predicted molar refractivity (Wildman–Crippen MR) is 83.2 cm³/mol. The number of aliphatic hydroxyl groups excluding tert-OH is 1. The van der Waals surface area contributed by atoms with E-state index in [1.807, 2.05) is 36.4 Å². The van der Waals surface area contributed by atoms with Crippen LogP contribution in [0.4, 0.5) is 0 Å². The minimum atomic E-state index is -3.48. The SMILES string of the molecule is O=S(=O)(Cc1ccccc1)N[C@@H](CO)Cc1ccccc1. The molecule has 0 saturated carbocycles. The summed E-state index contributed by atoms with van der Waals surface area (Å²) in [5.41, 5.74) is 1.71. The molecule has 112 valence electrons. The average Bonchev–Trinajstić information content (AvgIpc) is 2.48. The smallest absolute Gasteiger partial charge is 0.216 e. The van der Waals surface area contributed by atoms with Gasteiger partial charge in [-0.1, -0.05) is 60.7 Å². The Bertz CT molecular complexity index is 642. The summed E-state index contributed by atoms with van der Waals surface area (Å²) in [7, 11) is -3.48. The van der Waals surface area contributed by atoms with Crippen LogP contribution in [-0.2, 0) is 22.2 Å². The fourth-order valence-electron chi connectivity index (χ4n) is 2.13. The van der Waals surface area contributed by atoms with Gasteiger partial charge in [0.2, 0.25) is 10.0 Å². The lowest BCUT2D eigenvalue weighted by atomic mass is 10.1. The van der Waals surface area contributed by atoms with E-state index >= 15 is 0 Å². The molecule has 0 saturated heterocycles. The van der Waals surface area contributed by atoms with Crippen LogP contribution >= 0.6 is 0 Å². The van der Waals surface area contributed by atoms with E-state index in [2.05, 4.69) is 4.72 Å². The van der Waals surface area contributed by atoms with Crippen LogP contribution in [0.1, 0.15) is 11.1 Å². The summed E-state index contributed by atoms with van der Waals surface area (Å²) in [5, 5.41) is 9.39. The maximum Gasteiger partial charge on any atom is 0.216 e. The third-order valence-corrected chi connectivity index (χ3v) is 4.50. The number of hydrogen-bond acceptors (Lipinski definition) is 3. The highest BCUT2D eigenvalue weighted by atomic mass is 32.2. The molecular formula is C16H19NO3S. The maximum absolute atomic E-state index is 12.1. The minimum Gasteiger partial charge on any atom is -0.395 e. The fourth-order valence-corrected chi connectivity index (χ4v) is 3.51. The Morgan fingerprint density at radius 2 is 1.43 bits per heavy atom. The molecule has 0 aliphatic rings. The Hall–Kier alpha value is -1.69. The zero-order valence-corrected chi connectivity index (χ0v) is 12.5. The van der Waals surface area contributed by atoms with E-state index in [4.69, 9.17) is 0 Å². The van der Waals surface area contributed by atoms with Crippen molar-refractivity contribution in [3.8, 4) is 0 Å². The van der Waals surface area contributed by atoms with Gasteiger partial charge in [-0.25, -0.2) is 13.1 Å². The first-order valence-electron chi connectivity index (χ1n) is 6.78. The topological polar surface area (TPSA) is 66.4 Å². The van der Waals surface area contributed by atoms with Gasteiger partial charge in [0, 0.05) is 6.04 Å². The molecule has 0 heterocycles. The summed E-state index contributed by atoms with van der Waals surface area (Å²) in [4.78, 5) is 0. The number of aliphatic hydroxyl groups is 1. The van der Waals surface area contributed by atoms with Crippen molar-refractivity contribution in [2.75, 3.05) is 6.61 Å². The second-order valence-electron chi connectivity index (χ2n) is 4.93. The quantitative estimate of drug-likeness (QED) is 0.818. The maximum atomic E-state index is 12.1. The molecule has 0 fully saturated rings.